The summed E-state index contributed by atoms with van der Waals surface area (Å²) >= 11 is 3.05. The quantitative estimate of drug-likeness (QED) is 0.472. The second kappa shape index (κ2) is 9.20. The molecule has 0 N–H and O–H groups in total. The molecule has 0 aromatic rings. The van der Waals surface area contributed by atoms with Gasteiger partial charge in [-0.1, -0.05) is 18.2 Å². The molecule has 0 aromatic heterocycles. The van der Waals surface area contributed by atoms with Crippen LogP contribution < -0.4 is 0 Å². The maximum Gasteiger partial charge on any atom is 2.00 e. The van der Waals surface area contributed by atoms with Crippen LogP contribution in [-0.2, 0) is 4.79 Å². The molecule has 0 atom stereocenters. The Balaban J connectivity index is -0.000000109. The minimum Gasteiger partial charge on any atom is -0.540 e. The van der Waals surface area contributed by atoms with Gasteiger partial charge >= 0.3 is 31.1 Å². The van der Waals surface area contributed by atoms with Crippen LogP contribution in [-0.4, -0.2) is 10.6 Å². The van der Waals surface area contributed by atoms with E-state index in [0.717, 1.165) is 0 Å². The molecule has 3 heteroatoms. The molecule has 1 nitrogen and oxygen atoms in total. The SMILES string of the molecule is CC(C)(Br)[C-]=O.[CH2-]C.[U+2]. The zero-order valence-electron chi connectivity index (χ0n) is 5.99. The van der Waals surface area contributed by atoms with Gasteiger partial charge < -0.3 is 11.7 Å². The van der Waals surface area contributed by atoms with Gasteiger partial charge in [-0.2, -0.15) is 6.92 Å². The van der Waals surface area contributed by atoms with Gasteiger partial charge in [-0.05, 0) is 0 Å². The number of hydrogen-bond acceptors (Lipinski definition) is 1. The number of alkyl halides is 1. The largest absolute Gasteiger partial charge is 2.00 e. The molecule has 0 aliphatic rings. The maximum atomic E-state index is 9.65. The Morgan fingerprint density at radius 3 is 1.56 bits per heavy atom. The molecule has 0 saturated heterocycles. The molecule has 0 unspecified atom stereocenters. The summed E-state index contributed by atoms with van der Waals surface area (Å²) in [5.74, 6) is 0. The van der Waals surface area contributed by atoms with Crippen molar-refractivity contribution in [3.05, 3.63) is 6.92 Å². The predicted molar refractivity (Wildman–Crippen MR) is 39.7 cm³/mol. The number of carbonyl (C=O) groups excluding carboxylic acids is 1. The molecule has 0 fully saturated rings. The Bertz CT molecular complexity index is 58.6. The van der Waals surface area contributed by atoms with E-state index in [1.807, 2.05) is 0 Å². The summed E-state index contributed by atoms with van der Waals surface area (Å²) in [6, 6.07) is 0. The van der Waals surface area contributed by atoms with E-state index in [0.29, 0.717) is 0 Å². The molecule has 0 bridgehead atoms. The van der Waals surface area contributed by atoms with Gasteiger partial charge in [0.2, 0.25) is 0 Å². The number of halogens is 1. The molecule has 0 aliphatic heterocycles. The summed E-state index contributed by atoms with van der Waals surface area (Å²) in [5.41, 5.74) is 0. The summed E-state index contributed by atoms with van der Waals surface area (Å²) in [7, 11) is 0. The van der Waals surface area contributed by atoms with Crippen LogP contribution >= 0.6 is 15.9 Å². The van der Waals surface area contributed by atoms with Crippen LogP contribution in [0.1, 0.15) is 20.8 Å². The van der Waals surface area contributed by atoms with Crippen LogP contribution in [0.15, 0.2) is 0 Å². The normalized spacial score (nSPS) is 8.11. The van der Waals surface area contributed by atoms with Crippen molar-refractivity contribution in [1.82, 2.24) is 0 Å². The van der Waals surface area contributed by atoms with E-state index in [1.54, 1.807) is 27.1 Å². The van der Waals surface area contributed by atoms with Gasteiger partial charge in [0.1, 0.15) is 0 Å². The first-order valence-electron chi connectivity index (χ1n) is 2.35. The van der Waals surface area contributed by atoms with Gasteiger partial charge in [0.25, 0.3) is 0 Å². The monoisotopic (exact) mass is 416 g/mol. The van der Waals surface area contributed by atoms with Crippen molar-refractivity contribution in [3.63, 3.8) is 0 Å². The van der Waals surface area contributed by atoms with Crippen LogP contribution in [0.3, 0.4) is 0 Å². The third kappa shape index (κ3) is 27.0. The fraction of sp³-hybridized carbons (Fsp3) is 0.667. The Morgan fingerprint density at radius 1 is 1.44 bits per heavy atom. The summed E-state index contributed by atoms with van der Waals surface area (Å²) in [6.07, 6.45) is 1.77. The Labute approximate surface area is 89.5 Å². The van der Waals surface area contributed by atoms with E-state index in [-0.39, 0.29) is 31.1 Å². The molecule has 0 rings (SSSR count). The van der Waals surface area contributed by atoms with E-state index >= 15 is 0 Å². The van der Waals surface area contributed by atoms with Crippen LogP contribution in [0.25, 0.3) is 0 Å². The second-order valence-corrected chi connectivity index (χ2v) is 3.56. The van der Waals surface area contributed by atoms with Crippen molar-refractivity contribution < 1.29 is 35.9 Å². The van der Waals surface area contributed by atoms with Crippen LogP contribution in [0, 0.1) is 38.0 Å². The third-order valence-corrected chi connectivity index (χ3v) is 0.405. The van der Waals surface area contributed by atoms with Crippen LogP contribution in [0.2, 0.25) is 0 Å². The van der Waals surface area contributed by atoms with Crippen molar-refractivity contribution in [2.24, 2.45) is 0 Å². The number of rotatable bonds is 1. The van der Waals surface area contributed by atoms with E-state index in [1.165, 1.54) is 0 Å². The molecule has 0 aliphatic carbocycles. The minimum absolute atomic E-state index is 0. The Kier molecular flexibility index (Phi) is 17.0. The Morgan fingerprint density at radius 2 is 1.56 bits per heavy atom. The Hall–Kier alpha value is 1.20. The van der Waals surface area contributed by atoms with Gasteiger partial charge in [0, 0.05) is 0 Å². The van der Waals surface area contributed by atoms with Crippen molar-refractivity contribution >= 4 is 22.2 Å². The topological polar surface area (TPSA) is 17.1 Å². The number of hydrogen-bond donors (Lipinski definition) is 0. The fourth-order valence-electron chi connectivity index (χ4n) is 0. The average molecular weight is 417 g/mol. The van der Waals surface area contributed by atoms with E-state index < -0.39 is 4.32 Å². The van der Waals surface area contributed by atoms with E-state index in [2.05, 4.69) is 22.9 Å². The molecular formula is C6H11BrOU. The van der Waals surface area contributed by atoms with Gasteiger partial charge in [0.15, 0.2) is 0 Å². The summed E-state index contributed by atoms with van der Waals surface area (Å²) in [4.78, 5) is 9.65. The molecule has 0 radical (unpaired) electrons. The maximum absolute atomic E-state index is 9.65. The van der Waals surface area contributed by atoms with Crippen LogP contribution in [0.5, 0.6) is 0 Å². The summed E-state index contributed by atoms with van der Waals surface area (Å²) in [5, 5.41) is 0. The zero-order valence-corrected chi connectivity index (χ0v) is 11.7. The smallest absolute Gasteiger partial charge is 0.540 e. The molecule has 0 saturated carbocycles. The second-order valence-electron chi connectivity index (χ2n) is 1.57. The summed E-state index contributed by atoms with van der Waals surface area (Å²) in [6.45, 7) is 8.47. The first-order chi connectivity index (χ1) is 3.56. The van der Waals surface area contributed by atoms with Crippen molar-refractivity contribution in [2.75, 3.05) is 0 Å². The van der Waals surface area contributed by atoms with E-state index in [4.69, 9.17) is 0 Å². The average Bonchev–Trinajstić information content (AvgIpc) is 1.71. The standard InChI is InChI=1S/C4H6BrO.C2H5.U/c1-4(2,5)3-6;1-2;/h1-2H3;1H2,2H3;/q2*-1;+2. The third-order valence-electron chi connectivity index (χ3n) is 0.243. The van der Waals surface area contributed by atoms with Gasteiger partial charge in [-0.3, -0.25) is 0 Å². The molecular weight excluding hydrogens is 406 g/mol. The molecule has 0 heterocycles. The molecule has 9 heavy (non-hydrogen) atoms. The molecule has 0 spiro atoms. The van der Waals surface area contributed by atoms with E-state index in [9.17, 15) is 4.79 Å². The van der Waals surface area contributed by atoms with Crippen molar-refractivity contribution in [3.8, 4) is 0 Å². The fourth-order valence-corrected chi connectivity index (χ4v) is 0. The summed E-state index contributed by atoms with van der Waals surface area (Å²) < 4.78 is -0.451. The molecule has 0 aromatic carbocycles. The van der Waals surface area contributed by atoms with Crippen LogP contribution in [0.4, 0.5) is 0 Å². The van der Waals surface area contributed by atoms with Gasteiger partial charge in [0.05, 0.1) is 0 Å². The van der Waals surface area contributed by atoms with Crippen molar-refractivity contribution in [2.45, 2.75) is 25.1 Å². The first-order valence-corrected chi connectivity index (χ1v) is 3.14. The predicted octanol–water partition coefficient (Wildman–Crippen LogP) is 2.11. The van der Waals surface area contributed by atoms with Crippen molar-refractivity contribution in [1.29, 1.82) is 0 Å². The van der Waals surface area contributed by atoms with Gasteiger partial charge in [-0.25, -0.2) is 6.29 Å². The zero-order chi connectivity index (χ0) is 7.21. The minimum atomic E-state index is -0.451. The van der Waals surface area contributed by atoms with Gasteiger partial charge in [-0.15, -0.1) is 15.9 Å². The molecule has 0 amide bonds. The first kappa shape index (κ1) is 16.7. The molecule has 52 valence electrons.